The molecule has 4 rings (SSSR count). The van der Waals surface area contributed by atoms with Crippen LogP contribution in [0.5, 0.6) is 0 Å². The largest absolute Gasteiger partial charge is 0.351 e. The molecule has 5 heteroatoms. The molecule has 112 valence electrons. The number of rotatable bonds is 1. The number of benzene rings is 2. The molecule has 0 aliphatic carbocycles. The van der Waals surface area contributed by atoms with Gasteiger partial charge in [-0.1, -0.05) is 24.3 Å². The predicted molar refractivity (Wildman–Crippen MR) is 87.8 cm³/mol. The zero-order valence-electron chi connectivity index (χ0n) is 12.2. The third kappa shape index (κ3) is 2.14. The zero-order valence-corrected chi connectivity index (χ0v) is 13.0. The third-order valence-electron chi connectivity index (χ3n) is 4.29. The van der Waals surface area contributed by atoms with Crippen molar-refractivity contribution >= 4 is 20.9 Å². The molecule has 0 fully saturated rings. The minimum atomic E-state index is -3.22. The van der Waals surface area contributed by atoms with Gasteiger partial charge in [0, 0.05) is 30.7 Å². The molecule has 2 heterocycles. The van der Waals surface area contributed by atoms with Crippen molar-refractivity contribution in [2.24, 2.45) is 7.05 Å². The van der Waals surface area contributed by atoms with Crippen LogP contribution in [0.15, 0.2) is 48.7 Å². The number of hydrogen-bond donors (Lipinski definition) is 1. The Balaban J connectivity index is 1.91. The summed E-state index contributed by atoms with van der Waals surface area (Å²) in [6.07, 6.45) is 2.03. The Morgan fingerprint density at radius 1 is 1.14 bits per heavy atom. The minimum absolute atomic E-state index is 0.0470. The summed E-state index contributed by atoms with van der Waals surface area (Å²) < 4.78 is 28.5. The van der Waals surface area contributed by atoms with Crippen molar-refractivity contribution in [2.75, 3.05) is 0 Å². The van der Waals surface area contributed by atoms with E-state index in [1.807, 2.05) is 31.4 Å². The molecule has 0 bridgehead atoms. The summed E-state index contributed by atoms with van der Waals surface area (Å²) in [5.41, 5.74) is 5.21. The summed E-state index contributed by atoms with van der Waals surface area (Å²) in [5, 5.41) is 1.16. The molecule has 0 amide bonds. The smallest absolute Gasteiger partial charge is 0.216 e. The Morgan fingerprint density at radius 2 is 2.00 bits per heavy atom. The van der Waals surface area contributed by atoms with Crippen LogP contribution in [0.2, 0.25) is 0 Å². The fourth-order valence-corrected chi connectivity index (χ4v) is 4.32. The molecule has 0 unspecified atom stereocenters. The van der Waals surface area contributed by atoms with Crippen molar-refractivity contribution in [3.05, 3.63) is 59.8 Å². The van der Waals surface area contributed by atoms with Crippen molar-refractivity contribution < 1.29 is 8.42 Å². The van der Waals surface area contributed by atoms with Gasteiger partial charge in [-0.3, -0.25) is 0 Å². The standard InChI is InChI=1S/C17H16N2O2S/c1-19-8-7-13-9-12(5-6-17(13)19)15-4-2-3-14-10-18-22(20,21)11-16(14)15/h2-9,18H,10-11H2,1H3. The highest BCUT2D eigenvalue weighted by molar-refractivity contribution is 7.88. The quantitative estimate of drug-likeness (QED) is 0.751. The molecule has 0 spiro atoms. The van der Waals surface area contributed by atoms with Crippen LogP contribution in [-0.4, -0.2) is 13.0 Å². The number of nitrogens with zero attached hydrogens (tertiary/aromatic N) is 1. The molecule has 2 aromatic carbocycles. The van der Waals surface area contributed by atoms with Gasteiger partial charge in [-0.2, -0.15) is 0 Å². The van der Waals surface area contributed by atoms with E-state index in [0.717, 1.165) is 27.6 Å². The maximum atomic E-state index is 11.9. The first-order valence-electron chi connectivity index (χ1n) is 7.17. The summed E-state index contributed by atoms with van der Waals surface area (Å²) >= 11 is 0. The van der Waals surface area contributed by atoms with Crippen LogP contribution in [0.1, 0.15) is 11.1 Å². The number of hydrogen-bond acceptors (Lipinski definition) is 2. The summed E-state index contributed by atoms with van der Waals surface area (Å²) in [6, 6.07) is 14.3. The highest BCUT2D eigenvalue weighted by atomic mass is 32.2. The van der Waals surface area contributed by atoms with E-state index in [2.05, 4.69) is 33.6 Å². The Bertz CT molecular complexity index is 987. The van der Waals surface area contributed by atoms with Gasteiger partial charge in [0.2, 0.25) is 10.0 Å². The van der Waals surface area contributed by atoms with Crippen LogP contribution in [0.25, 0.3) is 22.0 Å². The van der Waals surface area contributed by atoms with Gasteiger partial charge >= 0.3 is 0 Å². The second-order valence-electron chi connectivity index (χ2n) is 5.72. The van der Waals surface area contributed by atoms with E-state index in [1.54, 1.807) is 0 Å². The minimum Gasteiger partial charge on any atom is -0.351 e. The topological polar surface area (TPSA) is 51.1 Å². The predicted octanol–water partition coefficient (Wildman–Crippen LogP) is 2.78. The van der Waals surface area contributed by atoms with Gasteiger partial charge in [-0.05, 0) is 40.5 Å². The van der Waals surface area contributed by atoms with Crippen molar-refractivity contribution in [1.29, 1.82) is 0 Å². The first-order chi connectivity index (χ1) is 10.5. The van der Waals surface area contributed by atoms with Gasteiger partial charge in [0.15, 0.2) is 0 Å². The average Bonchev–Trinajstić information content (AvgIpc) is 2.87. The van der Waals surface area contributed by atoms with E-state index in [1.165, 1.54) is 5.52 Å². The van der Waals surface area contributed by atoms with Crippen LogP contribution in [0.4, 0.5) is 0 Å². The zero-order chi connectivity index (χ0) is 15.3. The molecular formula is C17H16N2O2S. The van der Waals surface area contributed by atoms with E-state index in [-0.39, 0.29) is 5.75 Å². The Morgan fingerprint density at radius 3 is 2.86 bits per heavy atom. The monoisotopic (exact) mass is 312 g/mol. The van der Waals surface area contributed by atoms with Crippen LogP contribution >= 0.6 is 0 Å². The summed E-state index contributed by atoms with van der Waals surface area (Å²) in [4.78, 5) is 0. The van der Waals surface area contributed by atoms with Crippen LogP contribution in [0.3, 0.4) is 0 Å². The second kappa shape index (κ2) is 4.69. The SMILES string of the molecule is Cn1ccc2cc(-c3cccc4c3CS(=O)(=O)NC4)ccc21. The fourth-order valence-electron chi connectivity index (χ4n) is 3.12. The lowest BCUT2D eigenvalue weighted by Gasteiger charge is -2.20. The van der Waals surface area contributed by atoms with Crippen molar-refractivity contribution in [3.8, 4) is 11.1 Å². The lowest BCUT2D eigenvalue weighted by molar-refractivity contribution is 0.576. The lowest BCUT2D eigenvalue weighted by atomic mass is 9.95. The van der Waals surface area contributed by atoms with E-state index in [0.29, 0.717) is 6.54 Å². The van der Waals surface area contributed by atoms with Crippen molar-refractivity contribution in [1.82, 2.24) is 9.29 Å². The number of nitrogens with one attached hydrogen (secondary N) is 1. The van der Waals surface area contributed by atoms with E-state index in [4.69, 9.17) is 0 Å². The first kappa shape index (κ1) is 13.5. The summed E-state index contributed by atoms with van der Waals surface area (Å²) in [6.45, 7) is 0.374. The molecule has 0 atom stereocenters. The molecule has 0 radical (unpaired) electrons. The maximum Gasteiger partial charge on any atom is 0.216 e. The number of aryl methyl sites for hydroxylation is 1. The highest BCUT2D eigenvalue weighted by Gasteiger charge is 2.23. The van der Waals surface area contributed by atoms with Crippen LogP contribution < -0.4 is 4.72 Å². The molecule has 0 saturated heterocycles. The van der Waals surface area contributed by atoms with Crippen LogP contribution in [-0.2, 0) is 29.4 Å². The summed E-state index contributed by atoms with van der Waals surface area (Å²) in [7, 11) is -1.20. The normalized spacial score (nSPS) is 16.6. The van der Waals surface area contributed by atoms with Gasteiger partial charge in [-0.25, -0.2) is 13.1 Å². The second-order valence-corrected chi connectivity index (χ2v) is 7.53. The Hall–Kier alpha value is -2.11. The lowest BCUT2D eigenvalue weighted by Crippen LogP contribution is -2.30. The van der Waals surface area contributed by atoms with Gasteiger partial charge in [-0.15, -0.1) is 0 Å². The van der Waals surface area contributed by atoms with Gasteiger partial charge in [0.25, 0.3) is 0 Å². The molecule has 22 heavy (non-hydrogen) atoms. The molecule has 1 aliphatic heterocycles. The molecule has 1 N–H and O–H groups in total. The molecule has 1 aliphatic rings. The third-order valence-corrected chi connectivity index (χ3v) is 5.54. The van der Waals surface area contributed by atoms with Crippen molar-refractivity contribution in [2.45, 2.75) is 12.3 Å². The highest BCUT2D eigenvalue weighted by Crippen LogP contribution is 2.32. The molecule has 0 saturated carbocycles. The van der Waals surface area contributed by atoms with Gasteiger partial charge in [0.05, 0.1) is 5.75 Å². The fraction of sp³-hybridized carbons (Fsp3) is 0.176. The number of sulfonamides is 1. The average molecular weight is 312 g/mol. The summed E-state index contributed by atoms with van der Waals surface area (Å²) in [5.74, 6) is 0.0470. The molecule has 3 aromatic rings. The van der Waals surface area contributed by atoms with E-state index < -0.39 is 10.0 Å². The number of fused-ring (bicyclic) bond motifs is 2. The Labute approximate surface area is 129 Å². The maximum absolute atomic E-state index is 11.9. The van der Waals surface area contributed by atoms with Gasteiger partial charge in [0.1, 0.15) is 0 Å². The number of aromatic nitrogens is 1. The van der Waals surface area contributed by atoms with Gasteiger partial charge < -0.3 is 4.57 Å². The molecule has 1 aromatic heterocycles. The molecule has 4 nitrogen and oxygen atoms in total. The van der Waals surface area contributed by atoms with Crippen molar-refractivity contribution in [3.63, 3.8) is 0 Å². The molecular weight excluding hydrogens is 296 g/mol. The Kier molecular flexibility index (Phi) is 2.89. The van der Waals surface area contributed by atoms with Crippen LogP contribution in [0, 0.1) is 0 Å². The van der Waals surface area contributed by atoms with E-state index in [9.17, 15) is 8.42 Å². The first-order valence-corrected chi connectivity index (χ1v) is 8.82. The van der Waals surface area contributed by atoms with E-state index >= 15 is 0 Å².